The zero-order valence-corrected chi connectivity index (χ0v) is 16.8. The fourth-order valence-corrected chi connectivity index (χ4v) is 4.32. The quantitative estimate of drug-likeness (QED) is 0.703. The average molecular weight is 406 g/mol. The van der Waals surface area contributed by atoms with Gasteiger partial charge in [-0.15, -0.1) is 0 Å². The Morgan fingerprint density at radius 3 is 2.38 bits per heavy atom. The third-order valence-corrected chi connectivity index (χ3v) is 5.69. The molecule has 0 radical (unpaired) electrons. The monoisotopic (exact) mass is 406 g/mol. The number of Topliss-reactive ketones (excluding diaryl/α,β-unsaturated/α-hetero) is 2. The predicted octanol–water partition coefficient (Wildman–Crippen LogP) is 4.73. The topological polar surface area (TPSA) is 70.0 Å². The van der Waals surface area contributed by atoms with Crippen LogP contribution >= 0.6 is 11.8 Å². The highest BCUT2D eigenvalue weighted by Gasteiger charge is 2.33. The van der Waals surface area contributed by atoms with Crippen molar-refractivity contribution in [1.82, 2.24) is 5.32 Å². The third kappa shape index (κ3) is 4.47. The SMILES string of the molecule is CC(=O)C1=C(C)NC(SCC(=O)c2ccc(F)cc2)=C(C#N)[C@H]1c1ccccc1. The van der Waals surface area contributed by atoms with Crippen molar-refractivity contribution in [1.29, 1.82) is 5.26 Å². The molecule has 0 fully saturated rings. The van der Waals surface area contributed by atoms with Crippen molar-refractivity contribution in [2.75, 3.05) is 5.75 Å². The van der Waals surface area contributed by atoms with E-state index in [2.05, 4.69) is 11.4 Å². The average Bonchev–Trinajstić information content (AvgIpc) is 2.72. The lowest BCUT2D eigenvalue weighted by Gasteiger charge is -2.29. The second-order valence-corrected chi connectivity index (χ2v) is 7.62. The number of ketones is 2. The van der Waals surface area contributed by atoms with E-state index in [0.717, 1.165) is 5.56 Å². The maximum atomic E-state index is 13.1. The molecule has 1 atom stereocenters. The molecule has 2 aromatic carbocycles. The van der Waals surface area contributed by atoms with Gasteiger partial charge < -0.3 is 5.32 Å². The highest BCUT2D eigenvalue weighted by atomic mass is 32.2. The van der Waals surface area contributed by atoms with Gasteiger partial charge >= 0.3 is 0 Å². The number of hydrogen-bond acceptors (Lipinski definition) is 5. The van der Waals surface area contributed by atoms with Gasteiger partial charge in [0.05, 0.1) is 28.3 Å². The van der Waals surface area contributed by atoms with Crippen LogP contribution in [0.3, 0.4) is 0 Å². The largest absolute Gasteiger partial charge is 0.353 e. The number of rotatable bonds is 6. The molecular weight excluding hydrogens is 387 g/mol. The zero-order valence-electron chi connectivity index (χ0n) is 16.0. The number of nitrogens with zero attached hydrogens (tertiary/aromatic N) is 1. The summed E-state index contributed by atoms with van der Waals surface area (Å²) in [5.41, 5.74) is 2.87. The normalized spacial score (nSPS) is 16.3. The third-order valence-electron chi connectivity index (χ3n) is 4.67. The van der Waals surface area contributed by atoms with Crippen LogP contribution in [0.15, 0.2) is 76.5 Å². The number of nitrogens with one attached hydrogen (secondary N) is 1. The van der Waals surface area contributed by atoms with Crippen LogP contribution in [0, 0.1) is 17.1 Å². The molecule has 0 saturated carbocycles. The second kappa shape index (κ2) is 8.89. The molecule has 0 saturated heterocycles. The van der Waals surface area contributed by atoms with Crippen LogP contribution in [0.25, 0.3) is 0 Å². The van der Waals surface area contributed by atoms with Gasteiger partial charge in [-0.1, -0.05) is 42.1 Å². The zero-order chi connectivity index (χ0) is 21.0. The Labute approximate surface area is 173 Å². The smallest absolute Gasteiger partial charge is 0.173 e. The number of thioether (sulfide) groups is 1. The van der Waals surface area contributed by atoms with Gasteiger partial charge in [-0.2, -0.15) is 5.26 Å². The number of dihydropyridines is 1. The van der Waals surface area contributed by atoms with Gasteiger partial charge in [-0.3, -0.25) is 9.59 Å². The van der Waals surface area contributed by atoms with Gasteiger partial charge in [-0.25, -0.2) is 4.39 Å². The van der Waals surface area contributed by atoms with Crippen molar-refractivity contribution in [2.24, 2.45) is 0 Å². The minimum absolute atomic E-state index is 0.0866. The lowest BCUT2D eigenvalue weighted by molar-refractivity contribution is -0.113. The van der Waals surface area contributed by atoms with Crippen molar-refractivity contribution in [2.45, 2.75) is 19.8 Å². The van der Waals surface area contributed by atoms with Crippen LogP contribution in [-0.2, 0) is 4.79 Å². The Morgan fingerprint density at radius 2 is 1.79 bits per heavy atom. The molecule has 1 N–H and O–H groups in total. The first-order valence-corrected chi connectivity index (χ1v) is 10.0. The van der Waals surface area contributed by atoms with Gasteiger partial charge in [0.1, 0.15) is 5.82 Å². The van der Waals surface area contributed by atoms with Crippen molar-refractivity contribution < 1.29 is 14.0 Å². The summed E-state index contributed by atoms with van der Waals surface area (Å²) in [6.45, 7) is 3.28. The Hall–Kier alpha value is -3.17. The molecule has 6 heteroatoms. The molecule has 4 nitrogen and oxygen atoms in total. The van der Waals surface area contributed by atoms with Crippen LogP contribution in [0.1, 0.15) is 35.7 Å². The van der Waals surface area contributed by atoms with E-state index >= 15 is 0 Å². The summed E-state index contributed by atoms with van der Waals surface area (Å²) in [5, 5.41) is 13.6. The molecular formula is C23H19FN2O2S. The number of benzene rings is 2. The van der Waals surface area contributed by atoms with Gasteiger partial charge in [0.25, 0.3) is 0 Å². The molecule has 1 heterocycles. The first-order chi connectivity index (χ1) is 13.9. The lowest BCUT2D eigenvalue weighted by atomic mass is 9.81. The van der Waals surface area contributed by atoms with Crippen LogP contribution in [0.2, 0.25) is 0 Å². The number of hydrogen-bond donors (Lipinski definition) is 1. The predicted molar refractivity (Wildman–Crippen MR) is 112 cm³/mol. The van der Waals surface area contributed by atoms with E-state index in [-0.39, 0.29) is 17.3 Å². The molecule has 0 aliphatic carbocycles. The van der Waals surface area contributed by atoms with E-state index in [1.807, 2.05) is 30.3 Å². The summed E-state index contributed by atoms with van der Waals surface area (Å²) < 4.78 is 13.1. The first-order valence-electron chi connectivity index (χ1n) is 9.02. The molecule has 0 bridgehead atoms. The number of allylic oxidation sites excluding steroid dienone is 3. The molecule has 29 heavy (non-hydrogen) atoms. The van der Waals surface area contributed by atoms with Crippen molar-refractivity contribution in [3.05, 3.63) is 93.4 Å². The lowest BCUT2D eigenvalue weighted by Crippen LogP contribution is -2.27. The van der Waals surface area contributed by atoms with Gasteiger partial charge in [-0.05, 0) is 43.7 Å². The molecule has 1 aliphatic rings. The Balaban J connectivity index is 1.93. The number of halogens is 1. The molecule has 0 spiro atoms. The first kappa shape index (κ1) is 20.6. The molecule has 3 rings (SSSR count). The fourth-order valence-electron chi connectivity index (χ4n) is 3.33. The summed E-state index contributed by atoms with van der Waals surface area (Å²) in [6.07, 6.45) is 0. The second-order valence-electron chi connectivity index (χ2n) is 6.64. The minimum Gasteiger partial charge on any atom is -0.353 e. The summed E-state index contributed by atoms with van der Waals surface area (Å²) in [4.78, 5) is 24.8. The van der Waals surface area contributed by atoms with Crippen LogP contribution < -0.4 is 5.32 Å². The summed E-state index contributed by atoms with van der Waals surface area (Å²) in [6, 6.07) is 17.0. The van der Waals surface area contributed by atoms with Crippen LogP contribution in [0.5, 0.6) is 0 Å². The van der Waals surface area contributed by atoms with Gasteiger partial charge in [0, 0.05) is 16.8 Å². The van der Waals surface area contributed by atoms with Crippen LogP contribution in [0.4, 0.5) is 4.39 Å². The number of nitriles is 1. The Morgan fingerprint density at radius 1 is 1.14 bits per heavy atom. The van der Waals surface area contributed by atoms with Crippen LogP contribution in [-0.4, -0.2) is 17.3 Å². The molecule has 0 aromatic heterocycles. The number of carbonyl (C=O) groups is 2. The maximum absolute atomic E-state index is 13.1. The fraction of sp³-hybridized carbons (Fsp3) is 0.174. The Bertz CT molecular complexity index is 1050. The highest BCUT2D eigenvalue weighted by molar-refractivity contribution is 8.03. The van der Waals surface area contributed by atoms with E-state index in [1.165, 1.54) is 43.0 Å². The molecule has 0 unspecified atom stereocenters. The minimum atomic E-state index is -0.483. The molecule has 0 amide bonds. The molecule has 1 aliphatic heterocycles. The molecule has 146 valence electrons. The highest BCUT2D eigenvalue weighted by Crippen LogP contribution is 2.40. The molecule has 2 aromatic rings. The van der Waals surface area contributed by atoms with Crippen molar-refractivity contribution >= 4 is 23.3 Å². The van der Waals surface area contributed by atoms with E-state index in [1.54, 1.807) is 6.92 Å². The van der Waals surface area contributed by atoms with E-state index in [9.17, 15) is 19.2 Å². The van der Waals surface area contributed by atoms with Gasteiger partial charge in [0.15, 0.2) is 11.6 Å². The van der Waals surface area contributed by atoms with Gasteiger partial charge in [0.2, 0.25) is 0 Å². The summed E-state index contributed by atoms with van der Waals surface area (Å²) >= 11 is 1.21. The summed E-state index contributed by atoms with van der Waals surface area (Å²) in [7, 11) is 0. The maximum Gasteiger partial charge on any atom is 0.173 e. The van der Waals surface area contributed by atoms with Crippen molar-refractivity contribution in [3.63, 3.8) is 0 Å². The Kier molecular flexibility index (Phi) is 6.30. The van der Waals surface area contributed by atoms with Crippen molar-refractivity contribution in [3.8, 4) is 6.07 Å². The van der Waals surface area contributed by atoms with E-state index < -0.39 is 11.7 Å². The summed E-state index contributed by atoms with van der Waals surface area (Å²) in [5.74, 6) is -1.08. The number of carbonyl (C=O) groups excluding carboxylic acids is 2. The standard InChI is InChI=1S/C23H19FN2O2S/c1-14-21(15(2)27)22(17-6-4-3-5-7-17)19(12-25)23(26-14)29-13-20(28)16-8-10-18(24)11-9-16/h3-11,22,26H,13H2,1-2H3/t22-/m1/s1. The van der Waals surface area contributed by atoms with E-state index in [4.69, 9.17) is 0 Å². The van der Waals surface area contributed by atoms with E-state index in [0.29, 0.717) is 27.4 Å².